The first-order chi connectivity index (χ1) is 16.3. The van der Waals surface area contributed by atoms with Crippen molar-refractivity contribution in [2.24, 2.45) is 0 Å². The van der Waals surface area contributed by atoms with Gasteiger partial charge in [0.05, 0.1) is 17.9 Å². The third-order valence-corrected chi connectivity index (χ3v) is 6.80. The van der Waals surface area contributed by atoms with Gasteiger partial charge in [-0.3, -0.25) is 9.52 Å². The maximum atomic E-state index is 15.1. The van der Waals surface area contributed by atoms with E-state index in [9.17, 15) is 13.2 Å². The Morgan fingerprint density at radius 1 is 1.29 bits per heavy atom. The zero-order valence-electron chi connectivity index (χ0n) is 18.7. The van der Waals surface area contributed by atoms with Crippen LogP contribution in [0, 0.1) is 5.82 Å². The lowest BCUT2D eigenvalue weighted by atomic mass is 10.0. The molecule has 0 amide bonds. The van der Waals surface area contributed by atoms with Gasteiger partial charge in [0.2, 0.25) is 5.95 Å². The van der Waals surface area contributed by atoms with Crippen LogP contribution in [-0.4, -0.2) is 66.8 Å². The summed E-state index contributed by atoms with van der Waals surface area (Å²) in [4.78, 5) is 24.5. The minimum atomic E-state index is -4.03. The van der Waals surface area contributed by atoms with Gasteiger partial charge in [-0.1, -0.05) is 6.07 Å². The van der Waals surface area contributed by atoms with Gasteiger partial charge in [-0.25, -0.2) is 14.4 Å². The van der Waals surface area contributed by atoms with E-state index < -0.39 is 21.8 Å². The smallest absolute Gasteiger partial charge is 0.301 e. The lowest BCUT2D eigenvalue weighted by molar-refractivity contribution is 0.103. The van der Waals surface area contributed by atoms with Crippen LogP contribution >= 0.6 is 0 Å². The Hall–Kier alpha value is -3.35. The highest BCUT2D eigenvalue weighted by molar-refractivity contribution is 7.90. The number of hydrogen-bond acceptors (Lipinski definition) is 7. The lowest BCUT2D eigenvalue weighted by Gasteiger charge is -2.18. The van der Waals surface area contributed by atoms with E-state index in [1.54, 1.807) is 18.5 Å². The largest absolute Gasteiger partial charge is 0.383 e. The maximum Gasteiger partial charge on any atom is 0.301 e. The van der Waals surface area contributed by atoms with Crippen LogP contribution in [0.3, 0.4) is 0 Å². The summed E-state index contributed by atoms with van der Waals surface area (Å²) in [7, 11) is -1.24. The summed E-state index contributed by atoms with van der Waals surface area (Å²) in [6.07, 6.45) is 6.94. The van der Waals surface area contributed by atoms with Gasteiger partial charge in [0.1, 0.15) is 0 Å². The van der Waals surface area contributed by atoms with Crippen molar-refractivity contribution >= 4 is 27.6 Å². The molecule has 2 aromatic heterocycles. The summed E-state index contributed by atoms with van der Waals surface area (Å²) >= 11 is 0. The van der Waals surface area contributed by atoms with Crippen LogP contribution in [-0.2, 0) is 14.9 Å². The highest BCUT2D eigenvalue weighted by Crippen LogP contribution is 2.26. The molecular weight excluding hydrogens is 463 g/mol. The normalized spacial score (nSPS) is 13.8. The molecule has 0 radical (unpaired) electrons. The fraction of sp³-hybridized carbons (Fsp3) is 0.318. The third kappa shape index (κ3) is 5.41. The second kappa shape index (κ2) is 9.87. The van der Waals surface area contributed by atoms with Crippen molar-refractivity contribution < 1.29 is 22.3 Å². The number of methoxy groups -OCH3 is 1. The first-order valence-corrected chi connectivity index (χ1v) is 12.1. The minimum absolute atomic E-state index is 0.0829. The van der Waals surface area contributed by atoms with Gasteiger partial charge in [-0.15, -0.1) is 0 Å². The van der Waals surface area contributed by atoms with Crippen molar-refractivity contribution in [2.45, 2.75) is 18.9 Å². The molecule has 1 aromatic carbocycles. The molecule has 4 rings (SSSR count). The molecule has 1 fully saturated rings. The first-order valence-electron chi connectivity index (χ1n) is 10.6. The van der Waals surface area contributed by atoms with Crippen molar-refractivity contribution in [1.82, 2.24) is 19.3 Å². The lowest BCUT2D eigenvalue weighted by Crippen LogP contribution is -2.35. The minimum Gasteiger partial charge on any atom is -0.383 e. The van der Waals surface area contributed by atoms with Gasteiger partial charge < -0.3 is 15.0 Å². The maximum absolute atomic E-state index is 15.1. The number of benzene rings is 1. The molecule has 0 saturated heterocycles. The number of ether oxygens (including phenoxy) is 1. The number of halogens is 1. The number of nitrogens with one attached hydrogen (secondary N) is 3. The van der Waals surface area contributed by atoms with Crippen LogP contribution in [0.5, 0.6) is 0 Å². The summed E-state index contributed by atoms with van der Waals surface area (Å²) in [6, 6.07) is 5.98. The molecule has 0 unspecified atom stereocenters. The van der Waals surface area contributed by atoms with Gasteiger partial charge in [0.15, 0.2) is 11.6 Å². The second-order valence-electron chi connectivity index (χ2n) is 7.93. The SMILES string of the molecule is COCCN(C)S(=O)(=O)Nc1cccc(C(=O)c2c[nH]c(-c3cnc(NC4CC4)nc3)c2)c1F. The Balaban J connectivity index is 1.51. The molecular formula is C22H25FN6O4S. The van der Waals surface area contributed by atoms with Crippen LogP contribution < -0.4 is 10.0 Å². The summed E-state index contributed by atoms with van der Waals surface area (Å²) in [6.45, 7) is 0.262. The molecule has 180 valence electrons. The summed E-state index contributed by atoms with van der Waals surface area (Å²) in [5.74, 6) is -1.01. The molecule has 1 aliphatic carbocycles. The molecule has 0 atom stereocenters. The van der Waals surface area contributed by atoms with Gasteiger partial charge in [0, 0.05) is 62.2 Å². The van der Waals surface area contributed by atoms with E-state index in [1.165, 1.54) is 38.6 Å². The van der Waals surface area contributed by atoms with E-state index in [1.807, 2.05) is 0 Å². The number of ketones is 1. The topological polar surface area (TPSA) is 129 Å². The number of hydrogen-bond donors (Lipinski definition) is 3. The Morgan fingerprint density at radius 3 is 2.71 bits per heavy atom. The van der Waals surface area contributed by atoms with Crippen molar-refractivity contribution in [3.05, 3.63) is 59.8 Å². The predicted molar refractivity (Wildman–Crippen MR) is 125 cm³/mol. The summed E-state index contributed by atoms with van der Waals surface area (Å²) in [5, 5.41) is 3.20. The molecule has 34 heavy (non-hydrogen) atoms. The van der Waals surface area contributed by atoms with Crippen molar-refractivity contribution in [3.63, 3.8) is 0 Å². The molecule has 12 heteroatoms. The standard InChI is InChI=1S/C22H25FN6O4S/c1-29(8-9-33-2)34(31,32)28-18-5-3-4-17(20(18)23)21(30)14-10-19(24-11-14)15-12-25-22(26-13-15)27-16-6-7-16/h3-5,10-13,16,24,28H,6-9H2,1-2H3,(H,25,26,27). The van der Waals surface area contributed by atoms with Crippen LogP contribution in [0.25, 0.3) is 11.3 Å². The number of rotatable bonds is 11. The number of carbonyl (C=O) groups is 1. The number of aromatic nitrogens is 3. The number of aromatic amines is 1. The number of nitrogens with zero attached hydrogens (tertiary/aromatic N) is 3. The number of anilines is 2. The second-order valence-corrected chi connectivity index (χ2v) is 9.71. The summed E-state index contributed by atoms with van der Waals surface area (Å²) in [5.41, 5.74) is 0.898. The van der Waals surface area contributed by atoms with E-state index in [0.29, 0.717) is 23.2 Å². The Kier molecular flexibility index (Phi) is 6.91. The molecule has 3 aromatic rings. The van der Waals surface area contributed by atoms with E-state index in [0.717, 1.165) is 17.1 Å². The van der Waals surface area contributed by atoms with E-state index in [2.05, 4.69) is 25.0 Å². The highest BCUT2D eigenvalue weighted by Gasteiger charge is 2.24. The van der Waals surface area contributed by atoms with Crippen molar-refractivity contribution in [1.29, 1.82) is 0 Å². The third-order valence-electron chi connectivity index (χ3n) is 5.32. The molecule has 2 heterocycles. The average Bonchev–Trinajstić information content (AvgIpc) is 3.50. The van der Waals surface area contributed by atoms with Gasteiger partial charge in [0.25, 0.3) is 0 Å². The number of likely N-dealkylation sites (N-methyl/N-ethyl adjacent to an activating group) is 1. The predicted octanol–water partition coefficient (Wildman–Crippen LogP) is 2.65. The Labute approximate surface area is 196 Å². The number of carbonyl (C=O) groups excluding carboxylic acids is 1. The zero-order chi connectivity index (χ0) is 24.3. The molecule has 3 N–H and O–H groups in total. The van der Waals surface area contributed by atoms with Crippen LogP contribution in [0.15, 0.2) is 42.9 Å². The molecule has 1 aliphatic rings. The molecule has 0 spiro atoms. The molecule has 1 saturated carbocycles. The fourth-order valence-electron chi connectivity index (χ4n) is 3.14. The van der Waals surface area contributed by atoms with Crippen molar-refractivity contribution in [2.75, 3.05) is 37.3 Å². The molecule has 10 nitrogen and oxygen atoms in total. The Bertz CT molecular complexity index is 1270. The van der Waals surface area contributed by atoms with E-state index in [4.69, 9.17) is 4.74 Å². The van der Waals surface area contributed by atoms with E-state index in [-0.39, 0.29) is 30.0 Å². The quantitative estimate of drug-likeness (QED) is 0.354. The van der Waals surface area contributed by atoms with Gasteiger partial charge in [-0.2, -0.15) is 12.7 Å². The average molecular weight is 489 g/mol. The monoisotopic (exact) mass is 488 g/mol. The number of H-pyrrole nitrogens is 1. The van der Waals surface area contributed by atoms with E-state index >= 15 is 4.39 Å². The molecule has 0 aliphatic heterocycles. The summed E-state index contributed by atoms with van der Waals surface area (Å²) < 4.78 is 48.0. The Morgan fingerprint density at radius 2 is 2.03 bits per heavy atom. The van der Waals surface area contributed by atoms with Gasteiger partial charge in [-0.05, 0) is 31.0 Å². The first kappa shape index (κ1) is 23.8. The van der Waals surface area contributed by atoms with Crippen LogP contribution in [0.4, 0.5) is 16.0 Å². The highest BCUT2D eigenvalue weighted by atomic mass is 32.2. The zero-order valence-corrected chi connectivity index (χ0v) is 19.5. The van der Waals surface area contributed by atoms with Crippen molar-refractivity contribution in [3.8, 4) is 11.3 Å². The fourth-order valence-corrected chi connectivity index (χ4v) is 4.05. The van der Waals surface area contributed by atoms with Gasteiger partial charge >= 0.3 is 10.2 Å². The molecule has 0 bridgehead atoms. The van der Waals surface area contributed by atoms with Crippen LogP contribution in [0.2, 0.25) is 0 Å². The van der Waals surface area contributed by atoms with Crippen LogP contribution in [0.1, 0.15) is 28.8 Å².